The Bertz CT molecular complexity index is 565. The van der Waals surface area contributed by atoms with Gasteiger partial charge in [0.15, 0.2) is 6.61 Å². The summed E-state index contributed by atoms with van der Waals surface area (Å²) in [6.45, 7) is -0.764. The molecule has 1 aromatic heterocycles. The molecule has 5 nitrogen and oxygen atoms in total. The fraction of sp³-hybridized carbons (Fsp3) is 0.833. The second-order valence-electron chi connectivity index (χ2n) is 5.82. The number of piperidine rings is 1. The van der Waals surface area contributed by atoms with Crippen LogP contribution in [-0.2, 0) is 0 Å². The minimum atomic E-state index is -5.67. The van der Waals surface area contributed by atoms with E-state index in [1.54, 1.807) is 0 Å². The van der Waals surface area contributed by atoms with Crippen LogP contribution in [0, 0.1) is 5.92 Å². The summed E-state index contributed by atoms with van der Waals surface area (Å²) in [6.07, 6.45) is -4.77. The van der Waals surface area contributed by atoms with Crippen LogP contribution in [0.25, 0.3) is 0 Å². The molecule has 4 atom stereocenters. The van der Waals surface area contributed by atoms with E-state index in [2.05, 4.69) is 13.5 Å². The van der Waals surface area contributed by atoms with E-state index in [1.165, 1.54) is 0 Å². The first-order valence-electron chi connectivity index (χ1n) is 7.01. The van der Waals surface area contributed by atoms with Crippen molar-refractivity contribution in [2.75, 3.05) is 19.7 Å². The predicted molar refractivity (Wildman–Crippen MR) is 69.5 cm³/mol. The summed E-state index contributed by atoms with van der Waals surface area (Å²) in [5, 5.41) is 9.85. The van der Waals surface area contributed by atoms with E-state index in [4.69, 9.17) is 0 Å². The molecule has 0 radical (unpaired) electrons. The van der Waals surface area contributed by atoms with E-state index >= 15 is 0 Å². The molecule has 0 spiro atoms. The maximum absolute atomic E-state index is 13.0. The normalized spacial score (nSPS) is 31.4. The van der Waals surface area contributed by atoms with Gasteiger partial charge in [-0.3, -0.25) is 4.90 Å². The van der Waals surface area contributed by atoms with Gasteiger partial charge in [0.25, 0.3) is 5.88 Å². The van der Waals surface area contributed by atoms with Gasteiger partial charge in [-0.05, 0) is 18.8 Å². The summed E-state index contributed by atoms with van der Waals surface area (Å²) in [4.78, 5) is 1.93. The maximum Gasteiger partial charge on any atom is 0.456 e. The number of rotatable bonds is 4. The fourth-order valence-corrected chi connectivity index (χ4v) is 3.57. The molecule has 130 valence electrons. The quantitative estimate of drug-likeness (QED) is 0.836. The number of halogens is 5. The van der Waals surface area contributed by atoms with E-state index in [1.807, 2.05) is 4.90 Å². The van der Waals surface area contributed by atoms with Crippen LogP contribution in [0.4, 0.5) is 22.0 Å². The molecule has 1 N–H and O–H groups in total. The van der Waals surface area contributed by atoms with Crippen molar-refractivity contribution in [3.63, 3.8) is 0 Å². The van der Waals surface area contributed by atoms with Gasteiger partial charge in [0, 0.05) is 13.1 Å². The topological polar surface area (TPSA) is 58.5 Å². The average Bonchev–Trinajstić information content (AvgIpc) is 3.02. The van der Waals surface area contributed by atoms with Gasteiger partial charge in [0.05, 0.1) is 23.9 Å². The number of fused-ring (bicyclic) bond motifs is 2. The van der Waals surface area contributed by atoms with Crippen LogP contribution in [-0.4, -0.2) is 56.7 Å². The molecule has 0 aliphatic carbocycles. The largest absolute Gasteiger partial charge is 0.469 e. The van der Waals surface area contributed by atoms with Crippen LogP contribution in [0.1, 0.15) is 24.6 Å². The van der Waals surface area contributed by atoms with Crippen molar-refractivity contribution in [3.8, 4) is 5.88 Å². The van der Waals surface area contributed by atoms with Crippen molar-refractivity contribution in [2.24, 2.45) is 5.92 Å². The minimum Gasteiger partial charge on any atom is -0.469 e. The number of alkyl halides is 5. The number of ether oxygens (including phenoxy) is 1. The second-order valence-corrected chi connectivity index (χ2v) is 6.35. The summed E-state index contributed by atoms with van der Waals surface area (Å²) >= 11 is 0.705. The molecule has 0 aromatic carbocycles. The van der Waals surface area contributed by atoms with Gasteiger partial charge in [-0.25, -0.2) is 0 Å². The molecule has 2 saturated heterocycles. The lowest BCUT2D eigenvalue weighted by atomic mass is 9.93. The fourth-order valence-electron chi connectivity index (χ4n) is 3.02. The molecule has 2 bridgehead atoms. The van der Waals surface area contributed by atoms with Crippen LogP contribution in [0.5, 0.6) is 5.88 Å². The Hall–Kier alpha value is -1.07. The van der Waals surface area contributed by atoms with Crippen LogP contribution < -0.4 is 4.74 Å². The zero-order valence-electron chi connectivity index (χ0n) is 11.8. The first-order chi connectivity index (χ1) is 10.7. The van der Waals surface area contributed by atoms with Gasteiger partial charge in [-0.15, -0.1) is 4.37 Å². The molecule has 23 heavy (non-hydrogen) atoms. The molecule has 1 aromatic rings. The van der Waals surface area contributed by atoms with Crippen molar-refractivity contribution < 1.29 is 31.8 Å². The van der Waals surface area contributed by atoms with E-state index < -0.39 is 24.8 Å². The Labute approximate surface area is 132 Å². The summed E-state index contributed by atoms with van der Waals surface area (Å²) < 4.78 is 74.8. The number of nitrogens with zero attached hydrogens (tertiary/aromatic N) is 3. The van der Waals surface area contributed by atoms with Crippen molar-refractivity contribution in [1.29, 1.82) is 0 Å². The summed E-state index contributed by atoms with van der Waals surface area (Å²) in [6, 6.07) is -0.281. The highest BCUT2D eigenvalue weighted by molar-refractivity contribution is 6.99. The third-order valence-corrected chi connectivity index (χ3v) is 4.81. The van der Waals surface area contributed by atoms with Gasteiger partial charge in [0.2, 0.25) is 0 Å². The van der Waals surface area contributed by atoms with Gasteiger partial charge in [0.1, 0.15) is 5.69 Å². The third-order valence-electron chi connectivity index (χ3n) is 4.29. The summed E-state index contributed by atoms with van der Waals surface area (Å²) in [5.41, 5.74) is 0.264. The standard InChI is InChI=1S/C12H14F5N3O2S/c13-11(14,12(15,16)17)5-22-10-9(18-23-19-10)7-2-1-6-3-20(7)4-8(6)21/h6-8,21H,1-5H2. The van der Waals surface area contributed by atoms with E-state index in [9.17, 15) is 27.1 Å². The number of hydrogen-bond acceptors (Lipinski definition) is 6. The summed E-state index contributed by atoms with van der Waals surface area (Å²) in [7, 11) is 0. The minimum absolute atomic E-state index is 0.164. The molecule has 2 aliphatic rings. The monoisotopic (exact) mass is 359 g/mol. The molecule has 0 saturated carbocycles. The van der Waals surface area contributed by atoms with Gasteiger partial charge in [-0.2, -0.15) is 26.3 Å². The number of aromatic nitrogens is 2. The van der Waals surface area contributed by atoms with Crippen molar-refractivity contribution in [1.82, 2.24) is 13.6 Å². The van der Waals surface area contributed by atoms with Gasteiger partial charge in [-0.1, -0.05) is 0 Å². The predicted octanol–water partition coefficient (Wildman–Crippen LogP) is 2.24. The van der Waals surface area contributed by atoms with Crippen LogP contribution in [0.2, 0.25) is 0 Å². The Morgan fingerprint density at radius 1 is 1.17 bits per heavy atom. The lowest BCUT2D eigenvalue weighted by Gasteiger charge is -2.30. The number of aliphatic hydroxyl groups is 1. The van der Waals surface area contributed by atoms with Crippen LogP contribution in [0.3, 0.4) is 0 Å². The highest BCUT2D eigenvalue weighted by Crippen LogP contribution is 2.42. The third kappa shape index (κ3) is 3.13. The molecule has 11 heteroatoms. The number of hydrogen-bond donors (Lipinski definition) is 1. The van der Waals surface area contributed by atoms with Gasteiger partial charge < -0.3 is 9.84 Å². The lowest BCUT2D eigenvalue weighted by Crippen LogP contribution is -2.42. The zero-order chi connectivity index (χ0) is 16.8. The number of aliphatic hydroxyl groups excluding tert-OH is 1. The Balaban J connectivity index is 1.71. The van der Waals surface area contributed by atoms with E-state index in [0.717, 1.165) is 6.42 Å². The van der Waals surface area contributed by atoms with Crippen LogP contribution in [0.15, 0.2) is 0 Å². The molecule has 3 rings (SSSR count). The molecule has 2 fully saturated rings. The SMILES string of the molecule is OC1CN2CC1CCC2c1nsnc1OCC(F)(F)C(F)(F)F. The molecule has 4 unspecified atom stereocenters. The first-order valence-corrected chi connectivity index (χ1v) is 7.74. The Morgan fingerprint density at radius 3 is 2.61 bits per heavy atom. The Kier molecular flexibility index (Phi) is 4.21. The molecule has 0 amide bonds. The van der Waals surface area contributed by atoms with Crippen molar-refractivity contribution >= 4 is 11.7 Å². The molecule has 3 heterocycles. The summed E-state index contributed by atoms with van der Waals surface area (Å²) in [5.74, 6) is -5.07. The lowest BCUT2D eigenvalue weighted by molar-refractivity contribution is -0.290. The van der Waals surface area contributed by atoms with Gasteiger partial charge >= 0.3 is 12.1 Å². The Morgan fingerprint density at radius 2 is 1.91 bits per heavy atom. The van der Waals surface area contributed by atoms with Crippen molar-refractivity contribution in [3.05, 3.63) is 5.69 Å². The second kappa shape index (κ2) is 5.78. The van der Waals surface area contributed by atoms with E-state index in [-0.39, 0.29) is 23.5 Å². The maximum atomic E-state index is 13.0. The smallest absolute Gasteiger partial charge is 0.456 e. The first kappa shape index (κ1) is 16.8. The molecular weight excluding hydrogens is 345 g/mol. The average molecular weight is 359 g/mol. The molecule has 2 aliphatic heterocycles. The van der Waals surface area contributed by atoms with Crippen molar-refractivity contribution in [2.45, 2.75) is 37.1 Å². The highest BCUT2D eigenvalue weighted by atomic mass is 32.1. The highest BCUT2D eigenvalue weighted by Gasteiger charge is 2.58. The van der Waals surface area contributed by atoms with E-state index in [0.29, 0.717) is 31.2 Å². The zero-order valence-corrected chi connectivity index (χ0v) is 12.6. The molecular formula is C12H14F5N3O2S. The van der Waals surface area contributed by atoms with Crippen LogP contribution >= 0.6 is 11.7 Å².